The fourth-order valence-electron chi connectivity index (χ4n) is 2.66. The predicted octanol–water partition coefficient (Wildman–Crippen LogP) is 3.39. The molecule has 0 saturated carbocycles. The summed E-state index contributed by atoms with van der Waals surface area (Å²) in [5, 5.41) is 0. The van der Waals surface area contributed by atoms with Gasteiger partial charge in [-0.3, -0.25) is 4.99 Å². The second-order valence-electron chi connectivity index (χ2n) is 5.59. The van der Waals surface area contributed by atoms with E-state index < -0.39 is 0 Å². The predicted molar refractivity (Wildman–Crippen MR) is 90.7 cm³/mol. The first-order valence-electron chi connectivity index (χ1n) is 7.86. The van der Waals surface area contributed by atoms with Crippen molar-refractivity contribution in [2.75, 3.05) is 26.7 Å². The van der Waals surface area contributed by atoms with Gasteiger partial charge in [0.15, 0.2) is 0 Å². The van der Waals surface area contributed by atoms with Gasteiger partial charge < -0.3 is 9.64 Å². The van der Waals surface area contributed by atoms with Crippen molar-refractivity contribution in [2.45, 2.75) is 12.8 Å². The lowest BCUT2D eigenvalue weighted by Crippen LogP contribution is -2.23. The summed E-state index contributed by atoms with van der Waals surface area (Å²) in [5.74, 6) is 2.01. The minimum absolute atomic E-state index is 0.745. The molecule has 0 amide bonds. The van der Waals surface area contributed by atoms with Crippen LogP contribution in [0.1, 0.15) is 17.5 Å². The Bertz CT molecular complexity index is 620. The molecule has 0 atom stereocenters. The van der Waals surface area contributed by atoms with Gasteiger partial charge in [0.05, 0.1) is 13.2 Å². The van der Waals surface area contributed by atoms with Crippen LogP contribution in [-0.4, -0.2) is 37.5 Å². The summed E-state index contributed by atoms with van der Waals surface area (Å²) in [5.41, 5.74) is 2.53. The summed E-state index contributed by atoms with van der Waals surface area (Å²) in [6, 6.07) is 18.8. The van der Waals surface area contributed by atoms with E-state index in [1.54, 1.807) is 0 Å². The van der Waals surface area contributed by atoms with Crippen molar-refractivity contribution in [3.05, 3.63) is 65.7 Å². The number of aliphatic imine (C=N–C) groups is 1. The first-order valence-corrected chi connectivity index (χ1v) is 7.86. The van der Waals surface area contributed by atoms with Crippen LogP contribution in [0.5, 0.6) is 5.75 Å². The molecule has 1 aliphatic rings. The molecule has 1 aliphatic heterocycles. The maximum Gasteiger partial charge on any atom is 0.130 e. The molecule has 0 N–H and O–H groups in total. The third kappa shape index (κ3) is 3.67. The Hall–Kier alpha value is -2.29. The Morgan fingerprint density at radius 1 is 1.05 bits per heavy atom. The van der Waals surface area contributed by atoms with Gasteiger partial charge in [0.1, 0.15) is 11.6 Å². The molecule has 0 aromatic heterocycles. The molecule has 0 unspecified atom stereocenters. The number of nitrogens with zero attached hydrogens (tertiary/aromatic N) is 2. The zero-order valence-electron chi connectivity index (χ0n) is 13.0. The number of hydrogen-bond acceptors (Lipinski definition) is 3. The highest BCUT2D eigenvalue weighted by Gasteiger charge is 2.13. The molecule has 3 nitrogen and oxygen atoms in total. The molecular formula is C19H22N2O. The molecule has 1 heterocycles. The molecule has 0 aliphatic carbocycles. The van der Waals surface area contributed by atoms with Gasteiger partial charge in [0.2, 0.25) is 0 Å². The average molecular weight is 294 g/mol. The zero-order valence-corrected chi connectivity index (χ0v) is 13.0. The second kappa shape index (κ2) is 7.12. The lowest BCUT2D eigenvalue weighted by Gasteiger charge is -2.14. The maximum atomic E-state index is 5.82. The van der Waals surface area contributed by atoms with E-state index in [0.717, 1.165) is 49.7 Å². The van der Waals surface area contributed by atoms with Crippen molar-refractivity contribution in [1.29, 1.82) is 0 Å². The molecule has 0 saturated heterocycles. The van der Waals surface area contributed by atoms with Crippen molar-refractivity contribution >= 4 is 5.84 Å². The molecular weight excluding hydrogens is 272 g/mol. The standard InChI is InChI=1S/C19H22N2O/c1-21-14-13-20-19(21)17-9-11-18(12-10-17)22-15-5-8-16-6-3-2-4-7-16/h2-4,6-7,9-12H,5,8,13-15H2,1H3. The highest BCUT2D eigenvalue weighted by Crippen LogP contribution is 2.16. The number of ether oxygens (including phenoxy) is 1. The summed E-state index contributed by atoms with van der Waals surface area (Å²) in [6.07, 6.45) is 2.09. The lowest BCUT2D eigenvalue weighted by atomic mass is 10.1. The fourth-order valence-corrected chi connectivity index (χ4v) is 2.66. The monoisotopic (exact) mass is 294 g/mol. The van der Waals surface area contributed by atoms with Crippen LogP contribution >= 0.6 is 0 Å². The Kier molecular flexibility index (Phi) is 4.74. The van der Waals surface area contributed by atoms with Crippen LogP contribution in [0.25, 0.3) is 0 Å². The van der Waals surface area contributed by atoms with Gasteiger partial charge in [-0.2, -0.15) is 0 Å². The van der Waals surface area contributed by atoms with Gasteiger partial charge in [-0.05, 0) is 42.7 Å². The Labute approximate surface area is 132 Å². The number of rotatable bonds is 6. The number of benzene rings is 2. The first-order chi connectivity index (χ1) is 10.8. The minimum atomic E-state index is 0.745. The molecule has 114 valence electrons. The highest BCUT2D eigenvalue weighted by atomic mass is 16.5. The van der Waals surface area contributed by atoms with E-state index >= 15 is 0 Å². The van der Waals surface area contributed by atoms with Crippen LogP contribution in [0.4, 0.5) is 0 Å². The summed E-state index contributed by atoms with van der Waals surface area (Å²) >= 11 is 0. The Balaban J connectivity index is 1.47. The third-order valence-electron chi connectivity index (χ3n) is 3.89. The summed E-state index contributed by atoms with van der Waals surface area (Å²) in [4.78, 5) is 6.72. The molecule has 3 rings (SSSR count). The quantitative estimate of drug-likeness (QED) is 0.763. The number of likely N-dealkylation sites (N-methyl/N-ethyl adjacent to an activating group) is 1. The zero-order chi connectivity index (χ0) is 15.2. The van der Waals surface area contributed by atoms with Gasteiger partial charge in [-0.1, -0.05) is 30.3 Å². The van der Waals surface area contributed by atoms with Crippen molar-refractivity contribution in [2.24, 2.45) is 4.99 Å². The molecule has 2 aromatic rings. The molecule has 22 heavy (non-hydrogen) atoms. The SMILES string of the molecule is CN1CCN=C1c1ccc(OCCCc2ccccc2)cc1. The van der Waals surface area contributed by atoms with E-state index in [0.29, 0.717) is 0 Å². The minimum Gasteiger partial charge on any atom is -0.494 e. The van der Waals surface area contributed by atoms with E-state index in [2.05, 4.69) is 53.3 Å². The lowest BCUT2D eigenvalue weighted by molar-refractivity contribution is 0.311. The van der Waals surface area contributed by atoms with Gasteiger partial charge >= 0.3 is 0 Å². The van der Waals surface area contributed by atoms with E-state index in [4.69, 9.17) is 4.74 Å². The highest BCUT2D eigenvalue weighted by molar-refractivity contribution is 5.99. The number of aryl methyl sites for hydroxylation is 1. The molecule has 0 fully saturated rings. The molecule has 0 radical (unpaired) electrons. The third-order valence-corrected chi connectivity index (χ3v) is 3.89. The van der Waals surface area contributed by atoms with Gasteiger partial charge in [0.25, 0.3) is 0 Å². The van der Waals surface area contributed by atoms with Crippen LogP contribution in [0.15, 0.2) is 59.6 Å². The topological polar surface area (TPSA) is 24.8 Å². The van der Waals surface area contributed by atoms with E-state index in [1.807, 2.05) is 18.2 Å². The van der Waals surface area contributed by atoms with Crippen LogP contribution < -0.4 is 4.74 Å². The maximum absolute atomic E-state index is 5.82. The average Bonchev–Trinajstić information content (AvgIpc) is 2.99. The summed E-state index contributed by atoms with van der Waals surface area (Å²) in [7, 11) is 2.08. The van der Waals surface area contributed by atoms with E-state index in [1.165, 1.54) is 5.56 Å². The van der Waals surface area contributed by atoms with Crippen molar-refractivity contribution < 1.29 is 4.74 Å². The fraction of sp³-hybridized carbons (Fsp3) is 0.316. The molecule has 2 aromatic carbocycles. The largest absolute Gasteiger partial charge is 0.494 e. The molecule has 0 spiro atoms. The van der Waals surface area contributed by atoms with Gasteiger partial charge in [-0.15, -0.1) is 0 Å². The van der Waals surface area contributed by atoms with Crippen LogP contribution in [0.2, 0.25) is 0 Å². The molecule has 3 heteroatoms. The van der Waals surface area contributed by atoms with E-state index in [-0.39, 0.29) is 0 Å². The van der Waals surface area contributed by atoms with Crippen LogP contribution in [0, 0.1) is 0 Å². The van der Waals surface area contributed by atoms with Gasteiger partial charge in [0, 0.05) is 19.2 Å². The van der Waals surface area contributed by atoms with Crippen molar-refractivity contribution in [3.8, 4) is 5.75 Å². The second-order valence-corrected chi connectivity index (χ2v) is 5.59. The van der Waals surface area contributed by atoms with E-state index in [9.17, 15) is 0 Å². The van der Waals surface area contributed by atoms with Gasteiger partial charge in [-0.25, -0.2) is 0 Å². The number of hydrogen-bond donors (Lipinski definition) is 0. The van der Waals surface area contributed by atoms with Crippen LogP contribution in [-0.2, 0) is 6.42 Å². The Morgan fingerprint density at radius 3 is 2.50 bits per heavy atom. The molecule has 0 bridgehead atoms. The summed E-state index contributed by atoms with van der Waals surface area (Å²) < 4.78 is 5.82. The number of amidine groups is 1. The summed E-state index contributed by atoms with van der Waals surface area (Å²) in [6.45, 7) is 2.64. The normalized spacial score (nSPS) is 14.0. The van der Waals surface area contributed by atoms with Crippen molar-refractivity contribution in [3.63, 3.8) is 0 Å². The first kappa shape index (κ1) is 14.6. The Morgan fingerprint density at radius 2 is 1.82 bits per heavy atom. The van der Waals surface area contributed by atoms with Crippen molar-refractivity contribution in [1.82, 2.24) is 4.90 Å². The van der Waals surface area contributed by atoms with Crippen LogP contribution in [0.3, 0.4) is 0 Å². The smallest absolute Gasteiger partial charge is 0.130 e.